The summed E-state index contributed by atoms with van der Waals surface area (Å²) in [5.41, 5.74) is 1.43. The second kappa shape index (κ2) is 6.89. The Kier molecular flexibility index (Phi) is 4.48. The first-order chi connectivity index (χ1) is 12.1. The maximum atomic E-state index is 11.8. The lowest BCUT2D eigenvalue weighted by Crippen LogP contribution is -2.07. The average molecular weight is 334 g/mol. The van der Waals surface area contributed by atoms with Crippen LogP contribution in [0.2, 0.25) is 0 Å². The summed E-state index contributed by atoms with van der Waals surface area (Å²) in [6.45, 7) is 1.51. The summed E-state index contributed by atoms with van der Waals surface area (Å²) in [7, 11) is 0. The number of nitrogens with one attached hydrogen (secondary N) is 1. The molecule has 0 saturated carbocycles. The molecule has 124 valence electrons. The highest BCUT2D eigenvalue weighted by Gasteiger charge is 2.09. The van der Waals surface area contributed by atoms with Gasteiger partial charge in [-0.05, 0) is 24.3 Å². The first-order valence-corrected chi connectivity index (χ1v) is 7.53. The zero-order valence-electron chi connectivity index (χ0n) is 13.4. The van der Waals surface area contributed by atoms with Gasteiger partial charge in [0.2, 0.25) is 5.91 Å². The summed E-state index contributed by atoms with van der Waals surface area (Å²) in [5.74, 6) is 0.232. The van der Waals surface area contributed by atoms with Gasteiger partial charge >= 0.3 is 5.63 Å². The quantitative estimate of drug-likeness (QED) is 0.740. The molecule has 0 atom stereocenters. The summed E-state index contributed by atoms with van der Waals surface area (Å²) < 4.78 is 10.9. The summed E-state index contributed by atoms with van der Waals surface area (Å²) in [6, 6.07) is 15.3. The molecular weight excluding hydrogens is 320 g/mol. The van der Waals surface area contributed by atoms with Crippen LogP contribution in [0.25, 0.3) is 11.0 Å². The van der Waals surface area contributed by atoms with E-state index < -0.39 is 5.63 Å². The van der Waals surface area contributed by atoms with Crippen LogP contribution in [0.5, 0.6) is 5.75 Å². The molecule has 0 aliphatic carbocycles. The standard InChI is InChI=1S/C19H14N2O4/c1-12(22)21-15-6-7-16-14(8-19(23)25-18(16)9-15)11-24-17-5-3-2-4-13(17)10-20/h2-9H,11H2,1H3,(H,21,22). The summed E-state index contributed by atoms with van der Waals surface area (Å²) in [6.07, 6.45) is 0. The largest absolute Gasteiger partial charge is 0.487 e. The van der Waals surface area contributed by atoms with Gasteiger partial charge in [0, 0.05) is 35.7 Å². The summed E-state index contributed by atoms with van der Waals surface area (Å²) in [4.78, 5) is 23.0. The third kappa shape index (κ3) is 3.67. The van der Waals surface area contributed by atoms with Gasteiger partial charge in [0.05, 0.1) is 5.56 Å². The van der Waals surface area contributed by atoms with Gasteiger partial charge in [-0.15, -0.1) is 0 Å². The number of hydrogen-bond acceptors (Lipinski definition) is 5. The van der Waals surface area contributed by atoms with Crippen molar-refractivity contribution in [2.45, 2.75) is 13.5 Å². The molecule has 1 N–H and O–H groups in total. The Hall–Kier alpha value is -3.59. The molecule has 0 radical (unpaired) electrons. The van der Waals surface area contributed by atoms with Crippen LogP contribution in [0.3, 0.4) is 0 Å². The molecule has 1 amide bonds. The Morgan fingerprint density at radius 3 is 2.80 bits per heavy atom. The van der Waals surface area contributed by atoms with E-state index in [1.54, 1.807) is 42.5 Å². The van der Waals surface area contributed by atoms with Crippen molar-refractivity contribution >= 4 is 22.6 Å². The highest BCUT2D eigenvalue weighted by Crippen LogP contribution is 2.24. The minimum atomic E-state index is -0.514. The van der Waals surface area contributed by atoms with Gasteiger partial charge in [-0.3, -0.25) is 4.79 Å². The van der Waals surface area contributed by atoms with Gasteiger partial charge in [0.15, 0.2) is 0 Å². The normalized spacial score (nSPS) is 10.2. The van der Waals surface area contributed by atoms with Crippen LogP contribution in [0.1, 0.15) is 18.1 Å². The number of anilines is 1. The minimum Gasteiger partial charge on any atom is -0.487 e. The van der Waals surface area contributed by atoms with Crippen molar-refractivity contribution in [3.8, 4) is 11.8 Å². The number of rotatable bonds is 4. The Bertz CT molecular complexity index is 1050. The lowest BCUT2D eigenvalue weighted by Gasteiger charge is -2.10. The molecule has 2 aromatic carbocycles. The fourth-order valence-electron chi connectivity index (χ4n) is 2.47. The van der Waals surface area contributed by atoms with E-state index in [4.69, 9.17) is 14.4 Å². The second-order valence-electron chi connectivity index (χ2n) is 5.38. The third-order valence-corrected chi connectivity index (χ3v) is 3.54. The van der Waals surface area contributed by atoms with E-state index >= 15 is 0 Å². The number of nitriles is 1. The lowest BCUT2D eigenvalue weighted by molar-refractivity contribution is -0.114. The number of benzene rings is 2. The number of para-hydroxylation sites is 1. The SMILES string of the molecule is CC(=O)Nc1ccc2c(COc3ccccc3C#N)cc(=O)oc2c1. The van der Waals surface area contributed by atoms with Crippen LogP contribution < -0.4 is 15.7 Å². The van der Waals surface area contributed by atoms with Crippen molar-refractivity contribution in [2.75, 3.05) is 5.32 Å². The maximum absolute atomic E-state index is 11.8. The Morgan fingerprint density at radius 1 is 1.24 bits per heavy atom. The van der Waals surface area contributed by atoms with Crippen molar-refractivity contribution in [1.29, 1.82) is 5.26 Å². The Labute approximate surface area is 143 Å². The summed E-state index contributed by atoms with van der Waals surface area (Å²) in [5, 5.41) is 12.4. The van der Waals surface area contributed by atoms with Crippen molar-refractivity contribution in [3.05, 3.63) is 70.1 Å². The molecule has 1 heterocycles. The number of carbonyl (C=O) groups excluding carboxylic acids is 1. The first-order valence-electron chi connectivity index (χ1n) is 7.53. The van der Waals surface area contributed by atoms with Crippen LogP contribution in [0.15, 0.2) is 57.7 Å². The Balaban J connectivity index is 1.94. The lowest BCUT2D eigenvalue weighted by atomic mass is 10.1. The van der Waals surface area contributed by atoms with E-state index in [1.807, 2.05) is 0 Å². The van der Waals surface area contributed by atoms with Crippen molar-refractivity contribution in [1.82, 2.24) is 0 Å². The van der Waals surface area contributed by atoms with E-state index in [0.29, 0.717) is 33.5 Å². The van der Waals surface area contributed by atoms with E-state index in [9.17, 15) is 9.59 Å². The van der Waals surface area contributed by atoms with Gasteiger partial charge in [0.1, 0.15) is 24.0 Å². The van der Waals surface area contributed by atoms with Crippen LogP contribution >= 0.6 is 0 Å². The van der Waals surface area contributed by atoms with Crippen LogP contribution in [-0.2, 0) is 11.4 Å². The highest BCUT2D eigenvalue weighted by molar-refractivity contribution is 5.92. The Morgan fingerprint density at radius 2 is 2.04 bits per heavy atom. The fraction of sp³-hybridized carbons (Fsp3) is 0.105. The van der Waals surface area contributed by atoms with Gasteiger partial charge < -0.3 is 14.5 Å². The molecule has 0 aliphatic heterocycles. The van der Waals surface area contributed by atoms with Gasteiger partial charge in [-0.1, -0.05) is 12.1 Å². The monoisotopic (exact) mass is 334 g/mol. The van der Waals surface area contributed by atoms with Gasteiger partial charge in [-0.25, -0.2) is 4.79 Å². The first kappa shape index (κ1) is 16.3. The van der Waals surface area contributed by atoms with E-state index in [0.717, 1.165) is 0 Å². The molecule has 3 aromatic rings. The smallest absolute Gasteiger partial charge is 0.336 e. The number of hydrogen-bond donors (Lipinski definition) is 1. The van der Waals surface area contributed by atoms with Crippen molar-refractivity contribution in [3.63, 3.8) is 0 Å². The molecule has 6 heteroatoms. The van der Waals surface area contributed by atoms with Crippen molar-refractivity contribution in [2.24, 2.45) is 0 Å². The zero-order valence-corrected chi connectivity index (χ0v) is 13.4. The molecule has 6 nitrogen and oxygen atoms in total. The number of ether oxygens (including phenoxy) is 1. The fourth-order valence-corrected chi connectivity index (χ4v) is 2.47. The molecule has 0 fully saturated rings. The number of nitrogens with zero attached hydrogens (tertiary/aromatic N) is 1. The average Bonchev–Trinajstić information content (AvgIpc) is 2.59. The van der Waals surface area contributed by atoms with Crippen molar-refractivity contribution < 1.29 is 13.9 Å². The van der Waals surface area contributed by atoms with Crippen LogP contribution in [0.4, 0.5) is 5.69 Å². The third-order valence-electron chi connectivity index (χ3n) is 3.54. The molecule has 0 aliphatic rings. The van der Waals surface area contributed by atoms with Gasteiger partial charge in [-0.2, -0.15) is 5.26 Å². The number of carbonyl (C=O) groups is 1. The molecule has 3 rings (SSSR count). The number of fused-ring (bicyclic) bond motifs is 1. The molecular formula is C19H14N2O4. The van der Waals surface area contributed by atoms with E-state index in [-0.39, 0.29) is 12.5 Å². The van der Waals surface area contributed by atoms with E-state index in [1.165, 1.54) is 13.0 Å². The van der Waals surface area contributed by atoms with Gasteiger partial charge in [0.25, 0.3) is 0 Å². The number of amides is 1. The maximum Gasteiger partial charge on any atom is 0.336 e. The summed E-state index contributed by atoms with van der Waals surface area (Å²) >= 11 is 0. The molecule has 0 unspecified atom stereocenters. The highest BCUT2D eigenvalue weighted by atomic mass is 16.5. The van der Waals surface area contributed by atoms with Crippen LogP contribution in [-0.4, -0.2) is 5.91 Å². The molecule has 1 aromatic heterocycles. The molecule has 0 spiro atoms. The minimum absolute atomic E-state index is 0.111. The molecule has 0 saturated heterocycles. The van der Waals surface area contributed by atoms with E-state index in [2.05, 4.69) is 11.4 Å². The predicted octanol–water partition coefficient (Wildman–Crippen LogP) is 3.20. The molecule has 25 heavy (non-hydrogen) atoms. The predicted molar refractivity (Wildman–Crippen MR) is 92.3 cm³/mol. The van der Waals surface area contributed by atoms with Crippen LogP contribution in [0, 0.1) is 11.3 Å². The second-order valence-corrected chi connectivity index (χ2v) is 5.38. The molecule has 0 bridgehead atoms. The zero-order chi connectivity index (χ0) is 17.8. The topological polar surface area (TPSA) is 92.3 Å².